The van der Waals surface area contributed by atoms with Crippen molar-refractivity contribution < 1.29 is 18.3 Å². The fourth-order valence-electron chi connectivity index (χ4n) is 2.83. The van der Waals surface area contributed by atoms with E-state index in [-0.39, 0.29) is 17.8 Å². The topological polar surface area (TPSA) is 116 Å². The second-order valence-electron chi connectivity index (χ2n) is 6.10. The number of hydrogen-bond donors (Lipinski definition) is 3. The van der Waals surface area contributed by atoms with Crippen molar-refractivity contribution in [2.45, 2.75) is 19.5 Å². The highest BCUT2D eigenvalue weighted by atomic mass is 19.4. The van der Waals surface area contributed by atoms with Gasteiger partial charge in [0.1, 0.15) is 5.56 Å². The Morgan fingerprint density at radius 1 is 1.28 bits per heavy atom. The summed E-state index contributed by atoms with van der Waals surface area (Å²) in [5.41, 5.74) is -3.40. The van der Waals surface area contributed by atoms with E-state index in [4.69, 9.17) is 0 Å². The molecule has 2 heterocycles. The molecule has 3 N–H and O–H groups in total. The van der Waals surface area contributed by atoms with Crippen molar-refractivity contribution in [1.29, 1.82) is 0 Å². The fraction of sp³-hybridized carbons (Fsp3) is 0.222. The summed E-state index contributed by atoms with van der Waals surface area (Å²) < 4.78 is 40.4. The zero-order chi connectivity index (χ0) is 21.2. The zero-order valence-electron chi connectivity index (χ0n) is 15.1. The summed E-state index contributed by atoms with van der Waals surface area (Å²) in [6, 6.07) is 4.24. The Hall–Kier alpha value is -3.63. The van der Waals surface area contributed by atoms with Crippen LogP contribution in [0.15, 0.2) is 51.4 Å². The van der Waals surface area contributed by atoms with Crippen molar-refractivity contribution in [1.82, 2.24) is 19.5 Å². The highest BCUT2D eigenvalue weighted by Crippen LogP contribution is 2.34. The maximum Gasteiger partial charge on any atom is 0.418 e. The molecule has 152 valence electrons. The Morgan fingerprint density at radius 3 is 2.66 bits per heavy atom. The largest absolute Gasteiger partial charge is 0.493 e. The number of nitrogens with zero attached hydrogens (tertiary/aromatic N) is 3. The molecule has 0 unspecified atom stereocenters. The number of alkyl halides is 3. The number of nitrogens with one attached hydrogen (secondary N) is 2. The van der Waals surface area contributed by atoms with Gasteiger partial charge >= 0.3 is 11.9 Å². The van der Waals surface area contributed by atoms with Gasteiger partial charge in [-0.3, -0.25) is 14.8 Å². The van der Waals surface area contributed by atoms with Crippen LogP contribution in [0.1, 0.15) is 23.7 Å². The molecule has 29 heavy (non-hydrogen) atoms. The minimum Gasteiger partial charge on any atom is -0.493 e. The molecule has 0 bridgehead atoms. The van der Waals surface area contributed by atoms with E-state index in [1.807, 2.05) is 4.98 Å². The number of benzene rings is 1. The number of aromatic nitrogens is 4. The lowest BCUT2D eigenvalue weighted by atomic mass is 10.1. The lowest BCUT2D eigenvalue weighted by Crippen LogP contribution is -2.33. The molecule has 0 amide bonds. The Morgan fingerprint density at radius 2 is 2.00 bits per heavy atom. The highest BCUT2D eigenvalue weighted by molar-refractivity contribution is 6.00. The van der Waals surface area contributed by atoms with Crippen LogP contribution in [0.25, 0.3) is 5.69 Å². The molecular weight excluding hydrogens is 391 g/mol. The van der Waals surface area contributed by atoms with E-state index in [0.717, 1.165) is 23.9 Å². The molecule has 8 nitrogen and oxygen atoms in total. The molecule has 3 rings (SSSR count). The summed E-state index contributed by atoms with van der Waals surface area (Å²) in [6.07, 6.45) is -1.21. The SMILES string of the molecule is CC(=NCCc1cnc[nH]1)c1c(O)n(-c2ccccc2C(F)(F)F)c(=O)[nH]c1=O. The number of imidazole rings is 1. The molecule has 0 saturated carbocycles. The van der Waals surface area contributed by atoms with Gasteiger partial charge in [-0.1, -0.05) is 12.1 Å². The van der Waals surface area contributed by atoms with Gasteiger partial charge in [-0.05, 0) is 19.1 Å². The summed E-state index contributed by atoms with van der Waals surface area (Å²) >= 11 is 0. The zero-order valence-corrected chi connectivity index (χ0v) is 15.1. The predicted molar refractivity (Wildman–Crippen MR) is 98.7 cm³/mol. The third-order valence-corrected chi connectivity index (χ3v) is 4.18. The van der Waals surface area contributed by atoms with Gasteiger partial charge in [0.25, 0.3) is 5.56 Å². The average Bonchev–Trinajstić information content (AvgIpc) is 3.14. The van der Waals surface area contributed by atoms with Crippen molar-refractivity contribution in [2.75, 3.05) is 6.54 Å². The van der Waals surface area contributed by atoms with Crippen LogP contribution in [-0.2, 0) is 12.6 Å². The van der Waals surface area contributed by atoms with Gasteiger partial charge in [0.2, 0.25) is 5.88 Å². The van der Waals surface area contributed by atoms with E-state index in [1.165, 1.54) is 19.3 Å². The van der Waals surface area contributed by atoms with E-state index < -0.39 is 34.6 Å². The molecule has 0 aliphatic heterocycles. The molecule has 11 heteroatoms. The second kappa shape index (κ2) is 7.78. The quantitative estimate of drug-likeness (QED) is 0.561. The molecular formula is C18H16F3N5O3. The molecule has 1 aromatic carbocycles. The van der Waals surface area contributed by atoms with E-state index in [0.29, 0.717) is 11.0 Å². The molecule has 0 aliphatic rings. The summed E-state index contributed by atoms with van der Waals surface area (Å²) in [5.74, 6) is -0.918. The van der Waals surface area contributed by atoms with Crippen LogP contribution in [0.5, 0.6) is 5.88 Å². The number of aliphatic imine (C=N–C) groups is 1. The average molecular weight is 407 g/mol. The standard InChI is InChI=1S/C18H16F3N5O3/c1-10(23-7-6-11-8-22-9-24-11)14-15(27)25-17(29)26(16(14)28)13-5-3-2-4-12(13)18(19,20)21/h2-5,8-9,28H,6-7H2,1H3,(H,22,24)(H,25,27,29). The van der Waals surface area contributed by atoms with E-state index in [9.17, 15) is 27.9 Å². The summed E-state index contributed by atoms with van der Waals surface area (Å²) in [6.45, 7) is 1.65. The Balaban J connectivity index is 2.09. The van der Waals surface area contributed by atoms with Crippen LogP contribution in [0.3, 0.4) is 0 Å². The smallest absolute Gasteiger partial charge is 0.418 e. The Kier molecular flexibility index (Phi) is 5.39. The minimum absolute atomic E-state index is 0.0708. The van der Waals surface area contributed by atoms with Gasteiger partial charge in [-0.25, -0.2) is 14.3 Å². The highest BCUT2D eigenvalue weighted by Gasteiger charge is 2.35. The maximum atomic E-state index is 13.3. The molecule has 0 fully saturated rings. The number of rotatable bonds is 5. The van der Waals surface area contributed by atoms with Gasteiger partial charge < -0.3 is 10.1 Å². The number of halogens is 3. The van der Waals surface area contributed by atoms with Crippen LogP contribution in [0, 0.1) is 0 Å². The van der Waals surface area contributed by atoms with Crippen LogP contribution in [0.4, 0.5) is 13.2 Å². The van der Waals surface area contributed by atoms with Crippen molar-refractivity contribution in [2.24, 2.45) is 4.99 Å². The van der Waals surface area contributed by atoms with E-state index in [2.05, 4.69) is 15.0 Å². The molecule has 0 spiro atoms. The van der Waals surface area contributed by atoms with Crippen molar-refractivity contribution in [3.63, 3.8) is 0 Å². The summed E-state index contributed by atoms with van der Waals surface area (Å²) in [5, 5.41) is 10.5. The normalized spacial score (nSPS) is 12.3. The first-order valence-electron chi connectivity index (χ1n) is 8.43. The van der Waals surface area contributed by atoms with Crippen molar-refractivity contribution in [3.8, 4) is 11.6 Å². The van der Waals surface area contributed by atoms with E-state index >= 15 is 0 Å². The molecule has 0 radical (unpaired) electrons. The first-order chi connectivity index (χ1) is 13.7. The van der Waals surface area contributed by atoms with Gasteiger partial charge in [0, 0.05) is 30.6 Å². The minimum atomic E-state index is -4.77. The van der Waals surface area contributed by atoms with Gasteiger partial charge in [0.15, 0.2) is 0 Å². The molecule has 2 aromatic heterocycles. The number of hydrogen-bond acceptors (Lipinski definition) is 5. The number of para-hydroxylation sites is 1. The lowest BCUT2D eigenvalue weighted by molar-refractivity contribution is -0.137. The Labute approximate surface area is 161 Å². The van der Waals surface area contributed by atoms with Crippen LogP contribution < -0.4 is 11.2 Å². The van der Waals surface area contributed by atoms with Crippen molar-refractivity contribution in [3.05, 3.63) is 74.4 Å². The van der Waals surface area contributed by atoms with Gasteiger partial charge in [-0.15, -0.1) is 0 Å². The first-order valence-corrected chi connectivity index (χ1v) is 8.43. The maximum absolute atomic E-state index is 13.3. The van der Waals surface area contributed by atoms with Crippen LogP contribution in [0.2, 0.25) is 0 Å². The monoisotopic (exact) mass is 407 g/mol. The molecule has 0 atom stereocenters. The van der Waals surface area contributed by atoms with E-state index in [1.54, 1.807) is 6.20 Å². The summed E-state index contributed by atoms with van der Waals surface area (Å²) in [7, 11) is 0. The Bertz CT molecular complexity index is 1160. The lowest BCUT2D eigenvalue weighted by Gasteiger charge is -2.16. The molecule has 0 saturated heterocycles. The molecule has 0 aliphatic carbocycles. The third kappa shape index (κ3) is 4.13. The fourth-order valence-corrected chi connectivity index (χ4v) is 2.83. The van der Waals surface area contributed by atoms with Gasteiger partial charge in [-0.2, -0.15) is 13.2 Å². The second-order valence-corrected chi connectivity index (χ2v) is 6.10. The first kappa shape index (κ1) is 20.1. The number of aromatic hydroxyl groups is 1. The summed E-state index contributed by atoms with van der Waals surface area (Å²) in [4.78, 5) is 37.3. The third-order valence-electron chi connectivity index (χ3n) is 4.18. The van der Waals surface area contributed by atoms with Crippen molar-refractivity contribution >= 4 is 5.71 Å². The van der Waals surface area contributed by atoms with Gasteiger partial charge in [0.05, 0.1) is 17.6 Å². The molecule has 3 aromatic rings. The van der Waals surface area contributed by atoms with Crippen LogP contribution >= 0.6 is 0 Å². The predicted octanol–water partition coefficient (Wildman–Crippen LogP) is 2.02. The number of H-pyrrole nitrogens is 2. The number of aromatic amines is 2. The van der Waals surface area contributed by atoms with Crippen LogP contribution in [-0.4, -0.2) is 36.9 Å².